The van der Waals surface area contributed by atoms with Crippen LogP contribution >= 0.6 is 12.2 Å². The Labute approximate surface area is 129 Å². The molecule has 2 rings (SSSR count). The van der Waals surface area contributed by atoms with Crippen molar-refractivity contribution in [3.63, 3.8) is 0 Å². The third-order valence-electron chi connectivity index (χ3n) is 2.92. The number of hydrogen-bond donors (Lipinski definition) is 3. The lowest BCUT2D eigenvalue weighted by atomic mass is 10.1. The number of phenols is 1. The molecular weight excluding hydrogens is 282 g/mol. The predicted molar refractivity (Wildman–Crippen MR) is 91.0 cm³/mol. The smallest absolute Gasteiger partial charge is 0.191 e. The monoisotopic (exact) mass is 299 g/mol. The van der Waals surface area contributed by atoms with E-state index in [1.54, 1.807) is 6.21 Å². The predicted octanol–water partition coefficient (Wildman–Crippen LogP) is 3.33. The van der Waals surface area contributed by atoms with Crippen LogP contribution in [0.15, 0.2) is 47.6 Å². The fourth-order valence-corrected chi connectivity index (χ4v) is 2.08. The van der Waals surface area contributed by atoms with Crippen LogP contribution in [0.5, 0.6) is 5.75 Å². The maximum atomic E-state index is 9.72. The van der Waals surface area contributed by atoms with Gasteiger partial charge in [0.25, 0.3) is 0 Å². The van der Waals surface area contributed by atoms with Crippen LogP contribution in [0.4, 0.5) is 5.69 Å². The van der Waals surface area contributed by atoms with Gasteiger partial charge in [-0.25, -0.2) is 0 Å². The second-order valence-electron chi connectivity index (χ2n) is 4.69. The molecule has 0 bridgehead atoms. The van der Waals surface area contributed by atoms with E-state index in [0.29, 0.717) is 10.9 Å². The zero-order valence-electron chi connectivity index (χ0n) is 11.9. The number of anilines is 1. The van der Waals surface area contributed by atoms with Crippen molar-refractivity contribution in [2.75, 3.05) is 5.32 Å². The molecule has 5 heteroatoms. The van der Waals surface area contributed by atoms with Gasteiger partial charge in [-0.1, -0.05) is 18.2 Å². The first-order chi connectivity index (χ1) is 10.1. The molecule has 21 heavy (non-hydrogen) atoms. The summed E-state index contributed by atoms with van der Waals surface area (Å²) in [5.74, 6) is 0.321. The molecule has 0 radical (unpaired) electrons. The highest BCUT2D eigenvalue weighted by Crippen LogP contribution is 2.21. The van der Waals surface area contributed by atoms with Gasteiger partial charge in [-0.05, 0) is 67.0 Å². The molecule has 0 amide bonds. The number of hydrogen-bond acceptors (Lipinski definition) is 3. The molecule has 108 valence electrons. The number of para-hydroxylation sites is 1. The van der Waals surface area contributed by atoms with Crippen LogP contribution in [0, 0.1) is 13.8 Å². The van der Waals surface area contributed by atoms with Crippen molar-refractivity contribution in [2.45, 2.75) is 13.8 Å². The van der Waals surface area contributed by atoms with E-state index in [0.717, 1.165) is 22.4 Å². The molecule has 2 aromatic carbocycles. The van der Waals surface area contributed by atoms with Crippen molar-refractivity contribution in [2.24, 2.45) is 5.10 Å². The lowest BCUT2D eigenvalue weighted by Gasteiger charge is -2.07. The molecule has 0 aliphatic heterocycles. The van der Waals surface area contributed by atoms with Gasteiger partial charge in [0.1, 0.15) is 5.75 Å². The van der Waals surface area contributed by atoms with Gasteiger partial charge < -0.3 is 10.4 Å². The van der Waals surface area contributed by atoms with Gasteiger partial charge in [0.2, 0.25) is 0 Å². The van der Waals surface area contributed by atoms with Gasteiger partial charge >= 0.3 is 0 Å². The first kappa shape index (κ1) is 15.0. The molecule has 0 aliphatic carbocycles. The number of thiocarbonyl (C=S) groups is 1. The third-order valence-corrected chi connectivity index (χ3v) is 3.12. The molecule has 4 nitrogen and oxygen atoms in total. The van der Waals surface area contributed by atoms with Crippen LogP contribution in [0.2, 0.25) is 0 Å². The topological polar surface area (TPSA) is 56.7 Å². The van der Waals surface area contributed by atoms with Crippen molar-refractivity contribution in [3.05, 3.63) is 59.2 Å². The Morgan fingerprint density at radius 2 is 1.76 bits per heavy atom. The minimum atomic E-state index is 0.321. The molecule has 2 aromatic rings. The fraction of sp³-hybridized carbons (Fsp3) is 0.125. The summed E-state index contributed by atoms with van der Waals surface area (Å²) in [5, 5.41) is 17.3. The van der Waals surface area contributed by atoms with Gasteiger partial charge in [-0.15, -0.1) is 0 Å². The van der Waals surface area contributed by atoms with Gasteiger partial charge in [0, 0.05) is 5.69 Å². The Balaban J connectivity index is 1.95. The van der Waals surface area contributed by atoms with Crippen LogP contribution in [0.3, 0.4) is 0 Å². The van der Waals surface area contributed by atoms with Crippen LogP contribution < -0.4 is 10.7 Å². The molecule has 0 unspecified atom stereocenters. The van der Waals surface area contributed by atoms with Crippen molar-refractivity contribution in [1.29, 1.82) is 0 Å². The van der Waals surface area contributed by atoms with E-state index in [2.05, 4.69) is 15.8 Å². The first-order valence-electron chi connectivity index (χ1n) is 6.51. The van der Waals surface area contributed by atoms with E-state index in [4.69, 9.17) is 12.2 Å². The number of benzene rings is 2. The van der Waals surface area contributed by atoms with Crippen molar-refractivity contribution < 1.29 is 5.11 Å². The highest BCUT2D eigenvalue weighted by molar-refractivity contribution is 7.80. The van der Waals surface area contributed by atoms with E-state index in [-0.39, 0.29) is 0 Å². The van der Waals surface area contributed by atoms with Crippen LogP contribution in [0.25, 0.3) is 0 Å². The maximum Gasteiger partial charge on any atom is 0.191 e. The average Bonchev–Trinajstić information content (AvgIpc) is 2.45. The van der Waals surface area contributed by atoms with Crippen molar-refractivity contribution in [3.8, 4) is 5.75 Å². The molecule has 0 aliphatic rings. The number of aryl methyl sites for hydroxylation is 2. The second kappa shape index (κ2) is 6.85. The molecule has 3 N–H and O–H groups in total. The number of rotatable bonds is 3. The highest BCUT2D eigenvalue weighted by atomic mass is 32.1. The standard InChI is InChI=1S/C16H17N3OS/c1-11-8-13(9-12(2)15(11)20)10-17-19-16(21)18-14-6-4-3-5-7-14/h3-10,20H,1-2H3,(H2,18,19,21)/b17-10+. The van der Waals surface area contributed by atoms with Gasteiger partial charge in [0.15, 0.2) is 5.11 Å². The SMILES string of the molecule is Cc1cc(/C=N/NC(=S)Nc2ccccc2)cc(C)c1O. The van der Waals surface area contributed by atoms with Crippen molar-refractivity contribution >= 4 is 29.2 Å². The van der Waals surface area contributed by atoms with Crippen molar-refractivity contribution in [1.82, 2.24) is 5.43 Å². The summed E-state index contributed by atoms with van der Waals surface area (Å²) in [5.41, 5.74) is 6.21. The summed E-state index contributed by atoms with van der Waals surface area (Å²) in [6, 6.07) is 13.4. The molecule has 0 saturated carbocycles. The maximum absolute atomic E-state index is 9.72. The van der Waals surface area contributed by atoms with Gasteiger partial charge in [-0.2, -0.15) is 5.10 Å². The highest BCUT2D eigenvalue weighted by Gasteiger charge is 2.01. The van der Waals surface area contributed by atoms with Crippen LogP contribution in [0.1, 0.15) is 16.7 Å². The van der Waals surface area contributed by atoms with E-state index < -0.39 is 0 Å². The third kappa shape index (κ3) is 4.29. The lowest BCUT2D eigenvalue weighted by Crippen LogP contribution is -2.23. The van der Waals surface area contributed by atoms with Crippen LogP contribution in [-0.4, -0.2) is 16.4 Å². The van der Waals surface area contributed by atoms with Gasteiger partial charge in [0.05, 0.1) is 6.21 Å². The molecule has 0 heterocycles. The fourth-order valence-electron chi connectivity index (χ4n) is 1.91. The van der Waals surface area contributed by atoms with E-state index >= 15 is 0 Å². The summed E-state index contributed by atoms with van der Waals surface area (Å²) in [4.78, 5) is 0. The number of nitrogens with zero attached hydrogens (tertiary/aromatic N) is 1. The Hall–Kier alpha value is -2.40. The quantitative estimate of drug-likeness (QED) is 0.462. The van der Waals surface area contributed by atoms with E-state index in [1.807, 2.05) is 56.3 Å². The number of nitrogens with one attached hydrogen (secondary N) is 2. The lowest BCUT2D eigenvalue weighted by molar-refractivity contribution is 0.467. The molecule has 0 aromatic heterocycles. The molecule has 0 atom stereocenters. The Morgan fingerprint density at radius 3 is 2.38 bits per heavy atom. The summed E-state index contributed by atoms with van der Waals surface area (Å²) in [6.07, 6.45) is 1.67. The average molecular weight is 299 g/mol. The molecule has 0 saturated heterocycles. The molecular formula is C16H17N3OS. The molecule has 0 fully saturated rings. The summed E-state index contributed by atoms with van der Waals surface area (Å²) in [6.45, 7) is 3.71. The summed E-state index contributed by atoms with van der Waals surface area (Å²) < 4.78 is 0. The second-order valence-corrected chi connectivity index (χ2v) is 5.10. The largest absolute Gasteiger partial charge is 0.507 e. The minimum absolute atomic E-state index is 0.321. The number of phenolic OH excluding ortho intramolecular Hbond substituents is 1. The summed E-state index contributed by atoms with van der Waals surface area (Å²) >= 11 is 5.15. The minimum Gasteiger partial charge on any atom is -0.507 e. The van der Waals surface area contributed by atoms with Gasteiger partial charge in [-0.3, -0.25) is 5.43 Å². The Morgan fingerprint density at radius 1 is 1.14 bits per heavy atom. The van der Waals surface area contributed by atoms with E-state index in [1.165, 1.54) is 0 Å². The van der Waals surface area contributed by atoms with Crippen LogP contribution in [-0.2, 0) is 0 Å². The Bertz CT molecular complexity index is 645. The molecule has 0 spiro atoms. The zero-order chi connectivity index (χ0) is 15.2. The normalized spacial score (nSPS) is 10.6. The Kier molecular flexibility index (Phi) is 4.90. The number of hydrazone groups is 1. The zero-order valence-corrected chi connectivity index (χ0v) is 12.7. The van der Waals surface area contributed by atoms with E-state index in [9.17, 15) is 5.11 Å². The summed E-state index contributed by atoms with van der Waals surface area (Å²) in [7, 11) is 0. The number of aromatic hydroxyl groups is 1. The first-order valence-corrected chi connectivity index (χ1v) is 6.92.